The van der Waals surface area contributed by atoms with Gasteiger partial charge in [-0.1, -0.05) is 59.7 Å². The van der Waals surface area contributed by atoms with Crippen LogP contribution in [-0.2, 0) is 10.0 Å². The highest BCUT2D eigenvalue weighted by Gasteiger charge is 2.16. The third-order valence-electron chi connectivity index (χ3n) is 3.84. The Hall–Kier alpha value is -2.59. The van der Waals surface area contributed by atoms with Gasteiger partial charge < -0.3 is 0 Å². The molecule has 0 aromatic heterocycles. The van der Waals surface area contributed by atoms with E-state index in [1.165, 1.54) is 0 Å². The van der Waals surface area contributed by atoms with E-state index < -0.39 is 10.0 Å². The number of hydrogen-bond donors (Lipinski definition) is 1. The third kappa shape index (κ3) is 3.49. The highest BCUT2D eigenvalue weighted by Crippen LogP contribution is 2.31. The van der Waals surface area contributed by atoms with Crippen molar-refractivity contribution in [1.82, 2.24) is 0 Å². The second kappa shape index (κ2) is 6.49. The molecular formula is C20H19NO2S. The number of nitrogens with one attached hydrogen (secondary N) is 1. The summed E-state index contributed by atoms with van der Waals surface area (Å²) in [5.41, 5.74) is 4.67. The quantitative estimate of drug-likeness (QED) is 0.745. The van der Waals surface area contributed by atoms with E-state index >= 15 is 0 Å². The molecule has 0 bridgehead atoms. The Morgan fingerprint density at radius 2 is 1.38 bits per heavy atom. The lowest BCUT2D eigenvalue weighted by Crippen LogP contribution is -2.13. The van der Waals surface area contributed by atoms with Gasteiger partial charge in [-0.3, -0.25) is 4.72 Å². The average Bonchev–Trinajstić information content (AvgIpc) is 2.58. The number of anilines is 1. The van der Waals surface area contributed by atoms with Gasteiger partial charge in [0.1, 0.15) is 0 Å². The maximum Gasteiger partial charge on any atom is 0.261 e. The summed E-state index contributed by atoms with van der Waals surface area (Å²) in [6.07, 6.45) is 0. The Bertz CT molecular complexity index is 947. The molecule has 1 N–H and O–H groups in total. The molecule has 0 fully saturated rings. The summed E-state index contributed by atoms with van der Waals surface area (Å²) in [5.74, 6) is 0. The van der Waals surface area contributed by atoms with Crippen LogP contribution in [0.25, 0.3) is 11.1 Å². The molecule has 0 aliphatic carbocycles. The van der Waals surface area contributed by atoms with Crippen LogP contribution in [0.4, 0.5) is 5.69 Å². The van der Waals surface area contributed by atoms with E-state index in [0.29, 0.717) is 5.69 Å². The first-order valence-corrected chi connectivity index (χ1v) is 9.19. The maximum absolute atomic E-state index is 12.6. The van der Waals surface area contributed by atoms with E-state index in [1.807, 2.05) is 56.3 Å². The minimum atomic E-state index is -3.61. The van der Waals surface area contributed by atoms with E-state index in [0.717, 1.165) is 22.3 Å². The molecule has 3 aromatic rings. The first-order chi connectivity index (χ1) is 11.5. The number of benzene rings is 3. The number of aryl methyl sites for hydroxylation is 2. The third-order valence-corrected chi connectivity index (χ3v) is 5.22. The highest BCUT2D eigenvalue weighted by molar-refractivity contribution is 7.92. The van der Waals surface area contributed by atoms with E-state index in [4.69, 9.17) is 0 Å². The standard InChI is InChI=1S/C20H19NO2S/c1-15-8-11-17(12-9-15)19-14-16(2)10-13-20(19)21-24(22,23)18-6-4-3-5-7-18/h3-14,21H,1-2H3. The monoisotopic (exact) mass is 337 g/mol. The zero-order valence-electron chi connectivity index (χ0n) is 13.7. The van der Waals surface area contributed by atoms with E-state index in [9.17, 15) is 8.42 Å². The summed E-state index contributed by atoms with van der Waals surface area (Å²) in [6, 6.07) is 22.1. The van der Waals surface area contributed by atoms with Crippen LogP contribution in [-0.4, -0.2) is 8.42 Å². The fraction of sp³-hybridized carbons (Fsp3) is 0.100. The summed E-state index contributed by atoms with van der Waals surface area (Å²) < 4.78 is 27.9. The Morgan fingerprint density at radius 3 is 2.04 bits per heavy atom. The Kier molecular flexibility index (Phi) is 4.40. The van der Waals surface area contributed by atoms with Gasteiger partial charge in [0, 0.05) is 5.56 Å². The van der Waals surface area contributed by atoms with Gasteiger partial charge in [0.2, 0.25) is 0 Å². The van der Waals surface area contributed by atoms with Crippen LogP contribution in [0.3, 0.4) is 0 Å². The van der Waals surface area contributed by atoms with E-state index in [2.05, 4.69) is 4.72 Å². The van der Waals surface area contributed by atoms with Gasteiger partial charge in [-0.15, -0.1) is 0 Å². The minimum absolute atomic E-state index is 0.250. The van der Waals surface area contributed by atoms with Gasteiger partial charge in [0.25, 0.3) is 10.0 Å². The zero-order chi connectivity index (χ0) is 17.2. The van der Waals surface area contributed by atoms with Crippen molar-refractivity contribution in [3.63, 3.8) is 0 Å². The normalized spacial score (nSPS) is 11.2. The smallest absolute Gasteiger partial charge is 0.261 e. The van der Waals surface area contributed by atoms with Crippen molar-refractivity contribution in [2.45, 2.75) is 18.7 Å². The van der Waals surface area contributed by atoms with Crippen LogP contribution in [0.5, 0.6) is 0 Å². The summed E-state index contributed by atoms with van der Waals surface area (Å²) in [7, 11) is -3.61. The summed E-state index contributed by atoms with van der Waals surface area (Å²) >= 11 is 0. The molecule has 3 aromatic carbocycles. The molecule has 24 heavy (non-hydrogen) atoms. The van der Waals surface area contributed by atoms with E-state index in [-0.39, 0.29) is 4.90 Å². The predicted molar refractivity (Wildman–Crippen MR) is 98.6 cm³/mol. The fourth-order valence-corrected chi connectivity index (χ4v) is 3.62. The van der Waals surface area contributed by atoms with Crippen molar-refractivity contribution < 1.29 is 8.42 Å². The highest BCUT2D eigenvalue weighted by atomic mass is 32.2. The van der Waals surface area contributed by atoms with Crippen molar-refractivity contribution >= 4 is 15.7 Å². The molecule has 0 aliphatic heterocycles. The molecule has 3 nitrogen and oxygen atoms in total. The molecule has 0 heterocycles. The van der Waals surface area contributed by atoms with Crippen LogP contribution in [0, 0.1) is 13.8 Å². The second-order valence-corrected chi connectivity index (χ2v) is 7.52. The van der Waals surface area contributed by atoms with Gasteiger partial charge in [-0.05, 0) is 43.7 Å². The lowest BCUT2D eigenvalue weighted by atomic mass is 10.0. The average molecular weight is 337 g/mol. The molecule has 0 aliphatic rings. The SMILES string of the molecule is Cc1ccc(-c2cc(C)ccc2NS(=O)(=O)c2ccccc2)cc1. The summed E-state index contributed by atoms with van der Waals surface area (Å²) in [5, 5.41) is 0. The molecule has 0 radical (unpaired) electrons. The van der Waals surface area contributed by atoms with Gasteiger partial charge in [-0.2, -0.15) is 0 Å². The summed E-state index contributed by atoms with van der Waals surface area (Å²) in [4.78, 5) is 0.250. The molecule has 0 saturated carbocycles. The molecule has 0 unspecified atom stereocenters. The first-order valence-electron chi connectivity index (χ1n) is 7.71. The molecule has 0 spiro atoms. The van der Waals surface area contributed by atoms with Gasteiger partial charge in [0.15, 0.2) is 0 Å². The zero-order valence-corrected chi connectivity index (χ0v) is 14.5. The largest absolute Gasteiger partial charge is 0.279 e. The maximum atomic E-state index is 12.6. The topological polar surface area (TPSA) is 46.2 Å². The Balaban J connectivity index is 2.04. The number of rotatable bonds is 4. The molecule has 0 atom stereocenters. The molecule has 0 saturated heterocycles. The lowest BCUT2D eigenvalue weighted by Gasteiger charge is -2.14. The van der Waals surface area contributed by atoms with Crippen LogP contribution < -0.4 is 4.72 Å². The fourth-order valence-electron chi connectivity index (χ4n) is 2.52. The molecular weight excluding hydrogens is 318 g/mol. The molecule has 122 valence electrons. The van der Waals surface area contributed by atoms with Crippen LogP contribution in [0.2, 0.25) is 0 Å². The van der Waals surface area contributed by atoms with Crippen molar-refractivity contribution in [1.29, 1.82) is 0 Å². The number of sulfonamides is 1. The van der Waals surface area contributed by atoms with Crippen molar-refractivity contribution in [2.24, 2.45) is 0 Å². The molecule has 3 rings (SSSR count). The molecule has 4 heteroatoms. The van der Waals surface area contributed by atoms with Crippen LogP contribution in [0.1, 0.15) is 11.1 Å². The second-order valence-electron chi connectivity index (χ2n) is 5.83. The van der Waals surface area contributed by atoms with E-state index in [1.54, 1.807) is 30.3 Å². The molecule has 0 amide bonds. The number of hydrogen-bond acceptors (Lipinski definition) is 2. The Labute approximate surface area is 143 Å². The van der Waals surface area contributed by atoms with Crippen LogP contribution >= 0.6 is 0 Å². The lowest BCUT2D eigenvalue weighted by molar-refractivity contribution is 0.601. The predicted octanol–water partition coefficient (Wildman–Crippen LogP) is 4.77. The van der Waals surface area contributed by atoms with Gasteiger partial charge in [-0.25, -0.2) is 8.42 Å². The first kappa shape index (κ1) is 16.3. The van der Waals surface area contributed by atoms with Crippen LogP contribution in [0.15, 0.2) is 77.7 Å². The van der Waals surface area contributed by atoms with Gasteiger partial charge in [0.05, 0.1) is 10.6 Å². The van der Waals surface area contributed by atoms with Crippen molar-refractivity contribution in [2.75, 3.05) is 4.72 Å². The van der Waals surface area contributed by atoms with Gasteiger partial charge >= 0.3 is 0 Å². The minimum Gasteiger partial charge on any atom is -0.279 e. The van der Waals surface area contributed by atoms with Crippen molar-refractivity contribution in [3.8, 4) is 11.1 Å². The van der Waals surface area contributed by atoms with Crippen molar-refractivity contribution in [3.05, 3.63) is 83.9 Å². The summed E-state index contributed by atoms with van der Waals surface area (Å²) in [6.45, 7) is 4.02. The Morgan fingerprint density at radius 1 is 0.750 bits per heavy atom.